The van der Waals surface area contributed by atoms with Crippen LogP contribution in [0, 0.1) is 0 Å². The molecule has 0 radical (unpaired) electrons. The van der Waals surface area contributed by atoms with Gasteiger partial charge in [-0.15, -0.1) is 0 Å². The fraction of sp³-hybridized carbons (Fsp3) is 0.333. The van der Waals surface area contributed by atoms with Crippen LogP contribution in [0.3, 0.4) is 0 Å². The fourth-order valence-electron chi connectivity index (χ4n) is 2.40. The van der Waals surface area contributed by atoms with E-state index >= 15 is 0 Å². The van der Waals surface area contributed by atoms with Crippen molar-refractivity contribution >= 4 is 11.9 Å². The zero-order valence-electron chi connectivity index (χ0n) is 13.5. The number of carboxylic acid groups (broad SMARTS) is 1. The number of amides is 1. The van der Waals surface area contributed by atoms with Crippen LogP contribution in [0.1, 0.15) is 48.4 Å². The highest BCUT2D eigenvalue weighted by Crippen LogP contribution is 2.24. The minimum Gasteiger partial charge on any atom is -0.481 e. The fourth-order valence-corrected chi connectivity index (χ4v) is 2.40. The number of carbonyl (C=O) groups is 2. The van der Waals surface area contributed by atoms with Crippen molar-refractivity contribution < 1.29 is 19.1 Å². The van der Waals surface area contributed by atoms with Gasteiger partial charge in [-0.3, -0.25) is 9.59 Å². The van der Waals surface area contributed by atoms with E-state index < -0.39 is 17.3 Å². The lowest BCUT2D eigenvalue weighted by Gasteiger charge is -2.25. The molecule has 0 saturated carbocycles. The molecule has 0 spiro atoms. The minimum absolute atomic E-state index is 0.0244. The van der Waals surface area contributed by atoms with Gasteiger partial charge in [0.15, 0.2) is 5.76 Å². The molecule has 1 unspecified atom stereocenters. The largest absolute Gasteiger partial charge is 0.481 e. The molecule has 5 heteroatoms. The average Bonchev–Trinajstić information content (AvgIpc) is 3.03. The molecule has 1 heterocycles. The number of hydrogen-bond acceptors (Lipinski definition) is 3. The maximum absolute atomic E-state index is 12.3. The number of rotatable bonds is 6. The van der Waals surface area contributed by atoms with Crippen molar-refractivity contribution in [3.8, 4) is 0 Å². The zero-order valence-corrected chi connectivity index (χ0v) is 13.5. The Labute approximate surface area is 135 Å². The molecule has 2 N–H and O–H groups in total. The Morgan fingerprint density at radius 3 is 2.43 bits per heavy atom. The van der Waals surface area contributed by atoms with Crippen LogP contribution >= 0.6 is 0 Å². The van der Waals surface area contributed by atoms with Gasteiger partial charge in [0.1, 0.15) is 5.41 Å². The number of carbonyl (C=O) groups excluding carboxylic acids is 1. The van der Waals surface area contributed by atoms with E-state index in [9.17, 15) is 14.7 Å². The highest BCUT2D eigenvalue weighted by atomic mass is 16.4. The Morgan fingerprint density at radius 2 is 1.87 bits per heavy atom. The van der Waals surface area contributed by atoms with Crippen LogP contribution in [0.5, 0.6) is 0 Å². The smallest absolute Gasteiger partial charge is 0.315 e. The number of carboxylic acids is 1. The van der Waals surface area contributed by atoms with E-state index in [2.05, 4.69) is 5.32 Å². The molecule has 2 rings (SSSR count). The highest BCUT2D eigenvalue weighted by molar-refractivity contribution is 5.93. The second kappa shape index (κ2) is 6.69. The molecular formula is C18H21NO4. The Balaban J connectivity index is 2.18. The van der Waals surface area contributed by atoms with Gasteiger partial charge in [-0.25, -0.2) is 0 Å². The Hall–Kier alpha value is -2.56. The first-order chi connectivity index (χ1) is 10.9. The Bertz CT molecular complexity index is 690. The summed E-state index contributed by atoms with van der Waals surface area (Å²) in [7, 11) is 0. The third-order valence-electron chi connectivity index (χ3n) is 4.01. The van der Waals surface area contributed by atoms with Crippen molar-refractivity contribution in [1.29, 1.82) is 0 Å². The minimum atomic E-state index is -1.21. The van der Waals surface area contributed by atoms with Gasteiger partial charge >= 0.3 is 5.97 Å². The van der Waals surface area contributed by atoms with E-state index in [4.69, 9.17) is 4.42 Å². The molecule has 1 aromatic carbocycles. The summed E-state index contributed by atoms with van der Waals surface area (Å²) in [4.78, 5) is 24.1. The average molecular weight is 315 g/mol. The van der Waals surface area contributed by atoms with Crippen LogP contribution in [0.15, 0.2) is 47.1 Å². The highest BCUT2D eigenvalue weighted by Gasteiger charge is 2.36. The van der Waals surface area contributed by atoms with Crippen molar-refractivity contribution in [2.45, 2.75) is 32.1 Å². The molecule has 122 valence electrons. The standard InChI is InChI=1S/C18H21NO4/c1-12(2)14-9-10-23-15(14)16(20)19-11-18(3,17(21)22)13-7-5-4-6-8-13/h4-10,12H,11H2,1-3H3,(H,19,20)(H,21,22). The molecule has 5 nitrogen and oxygen atoms in total. The summed E-state index contributed by atoms with van der Waals surface area (Å²) in [5.41, 5.74) is 0.234. The van der Waals surface area contributed by atoms with Crippen molar-refractivity contribution in [1.82, 2.24) is 5.32 Å². The van der Waals surface area contributed by atoms with E-state index in [0.717, 1.165) is 5.56 Å². The van der Waals surface area contributed by atoms with Gasteiger partial charge in [0.05, 0.1) is 6.26 Å². The van der Waals surface area contributed by atoms with Crippen molar-refractivity contribution in [2.24, 2.45) is 0 Å². The summed E-state index contributed by atoms with van der Waals surface area (Å²) in [5, 5.41) is 12.3. The SMILES string of the molecule is CC(C)c1ccoc1C(=O)NCC(C)(C(=O)O)c1ccccc1. The first-order valence-corrected chi connectivity index (χ1v) is 7.50. The predicted molar refractivity (Wildman–Crippen MR) is 86.6 cm³/mol. The number of furan rings is 1. The van der Waals surface area contributed by atoms with Crippen molar-refractivity contribution in [3.63, 3.8) is 0 Å². The van der Waals surface area contributed by atoms with Crippen LogP contribution in [-0.4, -0.2) is 23.5 Å². The third-order valence-corrected chi connectivity index (χ3v) is 4.01. The Morgan fingerprint density at radius 1 is 1.22 bits per heavy atom. The summed E-state index contributed by atoms with van der Waals surface area (Å²) in [6.07, 6.45) is 1.47. The summed E-state index contributed by atoms with van der Waals surface area (Å²) >= 11 is 0. The van der Waals surface area contributed by atoms with E-state index in [1.54, 1.807) is 37.3 Å². The van der Waals surface area contributed by atoms with Crippen LogP contribution in [0.4, 0.5) is 0 Å². The van der Waals surface area contributed by atoms with Gasteiger partial charge < -0.3 is 14.8 Å². The second-order valence-electron chi connectivity index (χ2n) is 6.05. The van der Waals surface area contributed by atoms with Crippen molar-refractivity contribution in [3.05, 3.63) is 59.5 Å². The van der Waals surface area contributed by atoms with E-state index in [1.165, 1.54) is 6.26 Å². The molecule has 1 atom stereocenters. The molecule has 0 aliphatic carbocycles. The number of nitrogens with one attached hydrogen (secondary N) is 1. The predicted octanol–water partition coefficient (Wildman–Crippen LogP) is 3.18. The van der Waals surface area contributed by atoms with Gasteiger partial charge in [-0.1, -0.05) is 44.2 Å². The third kappa shape index (κ3) is 3.44. The molecule has 0 aliphatic rings. The van der Waals surface area contributed by atoms with Crippen LogP contribution < -0.4 is 5.32 Å². The quantitative estimate of drug-likeness (QED) is 0.858. The maximum Gasteiger partial charge on any atom is 0.315 e. The van der Waals surface area contributed by atoms with Gasteiger partial charge in [0.2, 0.25) is 0 Å². The van der Waals surface area contributed by atoms with Crippen molar-refractivity contribution in [2.75, 3.05) is 6.54 Å². The molecular weight excluding hydrogens is 294 g/mol. The summed E-state index contributed by atoms with van der Waals surface area (Å²) < 4.78 is 5.26. The number of aliphatic carboxylic acids is 1. The Kier molecular flexibility index (Phi) is 4.89. The molecule has 0 aliphatic heterocycles. The molecule has 2 aromatic rings. The lowest BCUT2D eigenvalue weighted by Crippen LogP contribution is -2.44. The molecule has 23 heavy (non-hydrogen) atoms. The summed E-state index contributed by atoms with van der Waals surface area (Å²) in [6.45, 7) is 5.50. The number of benzene rings is 1. The van der Waals surface area contributed by atoms with Gasteiger partial charge in [0.25, 0.3) is 5.91 Å². The first kappa shape index (κ1) is 16.8. The van der Waals surface area contributed by atoms with Gasteiger partial charge in [-0.05, 0) is 24.5 Å². The van der Waals surface area contributed by atoms with E-state index in [-0.39, 0.29) is 18.2 Å². The molecule has 0 saturated heterocycles. The first-order valence-electron chi connectivity index (χ1n) is 7.50. The van der Waals surface area contributed by atoms with Crippen LogP contribution in [-0.2, 0) is 10.2 Å². The molecule has 1 aromatic heterocycles. The van der Waals surface area contributed by atoms with E-state index in [0.29, 0.717) is 5.56 Å². The lowest BCUT2D eigenvalue weighted by molar-refractivity contribution is -0.142. The monoisotopic (exact) mass is 315 g/mol. The summed E-state index contributed by atoms with van der Waals surface area (Å²) in [6, 6.07) is 10.6. The maximum atomic E-state index is 12.3. The normalized spacial score (nSPS) is 13.6. The van der Waals surface area contributed by atoms with Gasteiger partial charge in [0, 0.05) is 12.1 Å². The van der Waals surface area contributed by atoms with E-state index in [1.807, 2.05) is 19.9 Å². The van der Waals surface area contributed by atoms with Crippen LogP contribution in [0.2, 0.25) is 0 Å². The zero-order chi connectivity index (χ0) is 17.0. The topological polar surface area (TPSA) is 79.5 Å². The summed E-state index contributed by atoms with van der Waals surface area (Å²) in [5.74, 6) is -1.01. The van der Waals surface area contributed by atoms with Crippen LogP contribution in [0.25, 0.3) is 0 Å². The molecule has 0 bridgehead atoms. The lowest BCUT2D eigenvalue weighted by atomic mass is 9.82. The molecule has 0 fully saturated rings. The van der Waals surface area contributed by atoms with Gasteiger partial charge in [-0.2, -0.15) is 0 Å². The number of hydrogen-bond donors (Lipinski definition) is 2. The molecule has 1 amide bonds. The second-order valence-corrected chi connectivity index (χ2v) is 6.05.